The molecule has 3 aromatic heterocycles. The number of aromatic nitrogens is 3. The molecule has 198 valence electrons. The lowest BCUT2D eigenvalue weighted by atomic mass is 10.0. The largest absolute Gasteiger partial charge is 0.490 e. The highest BCUT2D eigenvalue weighted by Crippen LogP contribution is 2.42. The van der Waals surface area contributed by atoms with E-state index in [4.69, 9.17) is 9.47 Å². The van der Waals surface area contributed by atoms with Crippen LogP contribution in [0.4, 0.5) is 26.0 Å². The van der Waals surface area contributed by atoms with E-state index in [1.165, 1.54) is 25.7 Å². The monoisotopic (exact) mass is 567 g/mol. The second kappa shape index (κ2) is 9.75. The minimum atomic E-state index is -4.42. The molecule has 5 aromatic rings. The number of pyridine rings is 1. The molecule has 6 rings (SSSR count). The van der Waals surface area contributed by atoms with Gasteiger partial charge in [-0.2, -0.15) is 0 Å². The molecule has 0 aliphatic carbocycles. The van der Waals surface area contributed by atoms with E-state index in [-0.39, 0.29) is 11.6 Å². The first-order valence-corrected chi connectivity index (χ1v) is 14.0. The second-order valence-electron chi connectivity index (χ2n) is 8.48. The number of hydrogen-bond acceptors (Lipinski definition) is 9. The van der Waals surface area contributed by atoms with Gasteiger partial charge in [0.2, 0.25) is 5.88 Å². The van der Waals surface area contributed by atoms with Gasteiger partial charge in [0.25, 0.3) is 10.0 Å². The van der Waals surface area contributed by atoms with Gasteiger partial charge in [0.15, 0.2) is 5.82 Å². The van der Waals surface area contributed by atoms with Crippen molar-refractivity contribution in [1.82, 2.24) is 15.0 Å². The molecule has 1 N–H and O–H groups in total. The molecule has 2 aromatic carbocycles. The van der Waals surface area contributed by atoms with Crippen LogP contribution in [-0.2, 0) is 10.0 Å². The fraction of sp³-hybridized carbons (Fsp3) is 0.115. The number of methoxy groups -OCH3 is 1. The maximum absolute atomic E-state index is 14.3. The highest BCUT2D eigenvalue weighted by atomic mass is 32.2. The van der Waals surface area contributed by atoms with Gasteiger partial charge in [-0.15, -0.1) is 11.3 Å². The van der Waals surface area contributed by atoms with Crippen molar-refractivity contribution >= 4 is 48.8 Å². The predicted molar refractivity (Wildman–Crippen MR) is 143 cm³/mol. The summed E-state index contributed by atoms with van der Waals surface area (Å²) in [4.78, 5) is 14.5. The summed E-state index contributed by atoms with van der Waals surface area (Å²) in [6.07, 6.45) is 3.06. The Bertz CT molecular complexity index is 1830. The van der Waals surface area contributed by atoms with E-state index in [0.717, 1.165) is 33.9 Å². The Balaban J connectivity index is 1.39. The predicted octanol–water partition coefficient (Wildman–Crippen LogP) is 5.37. The average molecular weight is 568 g/mol. The van der Waals surface area contributed by atoms with Crippen molar-refractivity contribution in [3.8, 4) is 22.8 Å². The molecule has 39 heavy (non-hydrogen) atoms. The molecule has 0 atom stereocenters. The van der Waals surface area contributed by atoms with E-state index in [2.05, 4.69) is 24.6 Å². The van der Waals surface area contributed by atoms with E-state index < -0.39 is 26.6 Å². The Kier molecular flexibility index (Phi) is 6.23. The Morgan fingerprint density at radius 1 is 1.05 bits per heavy atom. The third kappa shape index (κ3) is 4.59. The molecule has 0 saturated heterocycles. The van der Waals surface area contributed by atoms with Gasteiger partial charge in [0.05, 0.1) is 29.6 Å². The maximum atomic E-state index is 14.3. The van der Waals surface area contributed by atoms with Gasteiger partial charge in [-0.05, 0) is 47.3 Å². The van der Waals surface area contributed by atoms with E-state index in [9.17, 15) is 17.2 Å². The van der Waals surface area contributed by atoms with Gasteiger partial charge < -0.3 is 14.4 Å². The van der Waals surface area contributed by atoms with Gasteiger partial charge >= 0.3 is 0 Å². The number of benzene rings is 2. The Morgan fingerprint density at radius 3 is 2.74 bits per heavy atom. The van der Waals surface area contributed by atoms with Crippen LogP contribution in [0.1, 0.15) is 0 Å². The molecule has 0 fully saturated rings. The summed E-state index contributed by atoms with van der Waals surface area (Å²) in [5.41, 5.74) is 2.89. The molecule has 9 nitrogen and oxygen atoms in total. The van der Waals surface area contributed by atoms with Gasteiger partial charge in [-0.25, -0.2) is 32.2 Å². The molecule has 13 heteroatoms. The van der Waals surface area contributed by atoms with E-state index in [1.54, 1.807) is 11.3 Å². The minimum absolute atomic E-state index is 0.0133. The summed E-state index contributed by atoms with van der Waals surface area (Å²) in [5.74, 6) is -0.694. The van der Waals surface area contributed by atoms with Gasteiger partial charge in [-0.1, -0.05) is 6.07 Å². The van der Waals surface area contributed by atoms with Crippen molar-refractivity contribution in [2.45, 2.75) is 4.90 Å². The third-order valence-corrected chi connectivity index (χ3v) is 8.41. The van der Waals surface area contributed by atoms with Crippen LogP contribution in [0.5, 0.6) is 11.6 Å². The summed E-state index contributed by atoms with van der Waals surface area (Å²) < 4.78 is 67.8. The van der Waals surface area contributed by atoms with Crippen molar-refractivity contribution in [1.29, 1.82) is 0 Å². The van der Waals surface area contributed by atoms with Crippen molar-refractivity contribution in [3.63, 3.8) is 0 Å². The molecule has 1 aliphatic heterocycles. The van der Waals surface area contributed by atoms with Crippen LogP contribution in [-0.4, -0.2) is 43.6 Å². The van der Waals surface area contributed by atoms with Crippen LogP contribution in [0.25, 0.3) is 21.3 Å². The first-order valence-electron chi connectivity index (χ1n) is 11.6. The summed E-state index contributed by atoms with van der Waals surface area (Å²) in [6.45, 7) is 1.04. The average Bonchev–Trinajstić information content (AvgIpc) is 3.41. The first kappa shape index (κ1) is 24.9. The highest BCUT2D eigenvalue weighted by Gasteiger charge is 2.25. The lowest BCUT2D eigenvalue weighted by Gasteiger charge is -2.31. The van der Waals surface area contributed by atoms with Gasteiger partial charge in [0, 0.05) is 17.8 Å². The molecular weight excluding hydrogens is 548 g/mol. The quantitative estimate of drug-likeness (QED) is 0.292. The molecule has 4 heterocycles. The fourth-order valence-electron chi connectivity index (χ4n) is 4.32. The topological polar surface area (TPSA) is 107 Å². The highest BCUT2D eigenvalue weighted by molar-refractivity contribution is 7.92. The van der Waals surface area contributed by atoms with Gasteiger partial charge in [-0.3, -0.25) is 4.72 Å². The van der Waals surface area contributed by atoms with E-state index in [1.807, 2.05) is 29.6 Å². The number of fused-ring (bicyclic) bond motifs is 2. The van der Waals surface area contributed by atoms with Crippen LogP contribution >= 0.6 is 11.3 Å². The molecule has 0 spiro atoms. The zero-order chi connectivity index (χ0) is 27.1. The summed E-state index contributed by atoms with van der Waals surface area (Å²) in [5, 5.41) is 1.96. The minimum Gasteiger partial charge on any atom is -0.490 e. The zero-order valence-corrected chi connectivity index (χ0v) is 21.9. The molecule has 0 bridgehead atoms. The third-order valence-electron chi connectivity index (χ3n) is 6.11. The Labute approximate surface area is 225 Å². The van der Waals surface area contributed by atoms with Crippen LogP contribution in [0, 0.1) is 11.6 Å². The van der Waals surface area contributed by atoms with Gasteiger partial charge in [0.1, 0.15) is 40.9 Å². The maximum Gasteiger partial charge on any atom is 0.264 e. The Hall–Kier alpha value is -4.36. The van der Waals surface area contributed by atoms with Crippen LogP contribution in [0.3, 0.4) is 0 Å². The SMILES string of the molecule is COc1ncc(-c2ccc3c(c2)N(c2ncnc4ccsc24)CCO3)cc1NS(=O)(=O)c1ccc(F)cc1F. The van der Waals surface area contributed by atoms with Crippen LogP contribution in [0.15, 0.2) is 71.3 Å². The normalized spacial score (nSPS) is 13.2. The van der Waals surface area contributed by atoms with E-state index >= 15 is 0 Å². The first-order chi connectivity index (χ1) is 18.8. The summed E-state index contributed by atoms with van der Waals surface area (Å²) in [7, 11) is -3.09. The molecule has 1 aliphatic rings. The Morgan fingerprint density at radius 2 is 1.92 bits per heavy atom. The number of sulfonamides is 1. The summed E-state index contributed by atoms with van der Waals surface area (Å²) >= 11 is 1.55. The number of hydrogen-bond donors (Lipinski definition) is 1. The lowest BCUT2D eigenvalue weighted by molar-refractivity contribution is 0.314. The van der Waals surface area contributed by atoms with Crippen LogP contribution in [0.2, 0.25) is 0 Å². The number of thiophene rings is 1. The second-order valence-corrected chi connectivity index (χ2v) is 11.0. The van der Waals surface area contributed by atoms with Crippen molar-refractivity contribution in [3.05, 3.63) is 78.1 Å². The summed E-state index contributed by atoms with van der Waals surface area (Å²) in [6, 6.07) is 11.2. The van der Waals surface area contributed by atoms with E-state index in [0.29, 0.717) is 36.1 Å². The van der Waals surface area contributed by atoms with Crippen LogP contribution < -0.4 is 19.1 Å². The molecule has 0 amide bonds. The lowest BCUT2D eigenvalue weighted by Crippen LogP contribution is -2.29. The standard InChI is InChI=1S/C26H19F2N5O4S2/c1-36-26-20(32-39(34,35)23-5-3-17(27)12-18(23)28)10-16(13-29-26)15-2-4-22-21(11-15)33(7-8-37-22)25-24-19(6-9-38-24)30-14-31-25/h2-6,9-14,32H,7-8H2,1H3. The molecule has 0 unspecified atom stereocenters. The molecular formula is C26H19F2N5O4S2. The van der Waals surface area contributed by atoms with Crippen molar-refractivity contribution < 1.29 is 26.7 Å². The number of nitrogens with zero attached hydrogens (tertiary/aromatic N) is 4. The molecule has 0 radical (unpaired) electrons. The van der Waals surface area contributed by atoms with Crippen molar-refractivity contribution in [2.75, 3.05) is 29.9 Å². The number of rotatable bonds is 6. The number of nitrogens with one attached hydrogen (secondary N) is 1. The fourth-order valence-corrected chi connectivity index (χ4v) is 6.28. The number of ether oxygens (including phenoxy) is 2. The number of anilines is 3. The molecule has 0 saturated carbocycles. The van der Waals surface area contributed by atoms with Crippen molar-refractivity contribution in [2.24, 2.45) is 0 Å². The smallest absolute Gasteiger partial charge is 0.264 e. The zero-order valence-electron chi connectivity index (χ0n) is 20.3. The number of halogens is 2.